The van der Waals surface area contributed by atoms with E-state index in [-0.39, 0.29) is 11.9 Å². The summed E-state index contributed by atoms with van der Waals surface area (Å²) in [4.78, 5) is 14.1. The number of rotatable bonds is 7. The van der Waals surface area contributed by atoms with Crippen LogP contribution in [0.15, 0.2) is 0 Å². The molecule has 0 aromatic rings. The van der Waals surface area contributed by atoms with Crippen LogP contribution >= 0.6 is 0 Å². The van der Waals surface area contributed by atoms with Crippen LogP contribution in [0.1, 0.15) is 47.0 Å². The molecule has 1 N–H and O–H groups in total. The van der Waals surface area contributed by atoms with E-state index in [1.165, 1.54) is 12.8 Å². The summed E-state index contributed by atoms with van der Waals surface area (Å²) >= 11 is 0. The van der Waals surface area contributed by atoms with E-state index in [1.54, 1.807) is 0 Å². The number of carbonyl (C=O) groups excluding carboxylic acids is 1. The third-order valence-corrected chi connectivity index (χ3v) is 3.65. The smallest absolute Gasteiger partial charge is 0.239 e. The first-order valence-corrected chi connectivity index (χ1v) is 7.63. The standard InChI is InChI=1S/C15H30N2O2/c1-12(2)6-5-7-13(3)16-14(4)15(18)17-8-10-19-11-9-17/h12-14,16H,5-11H2,1-4H3. The lowest BCUT2D eigenvalue weighted by Crippen LogP contribution is -2.51. The van der Waals surface area contributed by atoms with Gasteiger partial charge in [0.1, 0.15) is 0 Å². The molecule has 0 saturated carbocycles. The summed E-state index contributed by atoms with van der Waals surface area (Å²) in [6.45, 7) is 11.4. The highest BCUT2D eigenvalue weighted by Gasteiger charge is 2.23. The highest BCUT2D eigenvalue weighted by Crippen LogP contribution is 2.09. The van der Waals surface area contributed by atoms with Crippen molar-refractivity contribution in [3.8, 4) is 0 Å². The molecule has 0 aliphatic carbocycles. The Bertz CT molecular complexity index is 263. The van der Waals surface area contributed by atoms with E-state index in [1.807, 2.05) is 11.8 Å². The summed E-state index contributed by atoms with van der Waals surface area (Å²) in [5.74, 6) is 0.971. The minimum atomic E-state index is -0.0906. The molecule has 19 heavy (non-hydrogen) atoms. The summed E-state index contributed by atoms with van der Waals surface area (Å²) in [5.41, 5.74) is 0. The van der Waals surface area contributed by atoms with Crippen LogP contribution in [0.5, 0.6) is 0 Å². The Morgan fingerprint density at radius 1 is 1.16 bits per heavy atom. The van der Waals surface area contributed by atoms with E-state index in [0.717, 1.165) is 25.4 Å². The fourth-order valence-corrected chi connectivity index (χ4v) is 2.47. The highest BCUT2D eigenvalue weighted by molar-refractivity contribution is 5.81. The molecule has 2 unspecified atom stereocenters. The molecule has 1 fully saturated rings. The second kappa shape index (κ2) is 8.54. The average Bonchev–Trinajstić information content (AvgIpc) is 2.38. The van der Waals surface area contributed by atoms with Crippen LogP contribution in [0.2, 0.25) is 0 Å². The number of morpholine rings is 1. The van der Waals surface area contributed by atoms with Gasteiger partial charge in [-0.1, -0.05) is 26.7 Å². The van der Waals surface area contributed by atoms with Crippen molar-refractivity contribution < 1.29 is 9.53 Å². The first-order valence-electron chi connectivity index (χ1n) is 7.63. The number of hydrogen-bond acceptors (Lipinski definition) is 3. The molecule has 1 rings (SSSR count). The topological polar surface area (TPSA) is 41.6 Å². The summed E-state index contributed by atoms with van der Waals surface area (Å²) in [6, 6.07) is 0.311. The van der Waals surface area contributed by atoms with E-state index >= 15 is 0 Å². The van der Waals surface area contributed by atoms with Crippen molar-refractivity contribution in [2.24, 2.45) is 5.92 Å². The zero-order chi connectivity index (χ0) is 14.3. The SMILES string of the molecule is CC(C)CCCC(C)NC(C)C(=O)N1CCOCC1. The van der Waals surface area contributed by atoms with Gasteiger partial charge in [-0.2, -0.15) is 0 Å². The van der Waals surface area contributed by atoms with Crippen molar-refractivity contribution in [3.05, 3.63) is 0 Å². The molecule has 4 nitrogen and oxygen atoms in total. The largest absolute Gasteiger partial charge is 0.378 e. The van der Waals surface area contributed by atoms with Gasteiger partial charge in [-0.25, -0.2) is 0 Å². The van der Waals surface area contributed by atoms with Crippen LogP contribution < -0.4 is 5.32 Å². The first kappa shape index (κ1) is 16.4. The Hall–Kier alpha value is -0.610. The van der Waals surface area contributed by atoms with Gasteiger partial charge < -0.3 is 15.0 Å². The van der Waals surface area contributed by atoms with E-state index < -0.39 is 0 Å². The fourth-order valence-electron chi connectivity index (χ4n) is 2.47. The fraction of sp³-hybridized carbons (Fsp3) is 0.933. The van der Waals surface area contributed by atoms with Gasteiger partial charge in [-0.05, 0) is 26.2 Å². The van der Waals surface area contributed by atoms with Crippen LogP contribution in [0.25, 0.3) is 0 Å². The molecule has 1 amide bonds. The number of ether oxygens (including phenoxy) is 1. The Morgan fingerprint density at radius 2 is 1.79 bits per heavy atom. The van der Waals surface area contributed by atoms with Crippen molar-refractivity contribution >= 4 is 5.91 Å². The molecular formula is C15H30N2O2. The number of nitrogens with zero attached hydrogens (tertiary/aromatic N) is 1. The molecule has 2 atom stereocenters. The lowest BCUT2D eigenvalue weighted by molar-refractivity contribution is -0.137. The van der Waals surface area contributed by atoms with Gasteiger partial charge in [-0.15, -0.1) is 0 Å². The second-order valence-electron chi connectivity index (χ2n) is 6.05. The maximum atomic E-state index is 12.2. The third-order valence-electron chi connectivity index (χ3n) is 3.65. The van der Waals surface area contributed by atoms with Crippen LogP contribution in [-0.2, 0) is 9.53 Å². The van der Waals surface area contributed by atoms with E-state index in [2.05, 4.69) is 26.1 Å². The Labute approximate surface area is 117 Å². The number of nitrogens with one attached hydrogen (secondary N) is 1. The highest BCUT2D eigenvalue weighted by atomic mass is 16.5. The van der Waals surface area contributed by atoms with E-state index in [4.69, 9.17) is 4.74 Å². The van der Waals surface area contributed by atoms with Gasteiger partial charge in [-0.3, -0.25) is 4.79 Å². The zero-order valence-electron chi connectivity index (χ0n) is 12.9. The van der Waals surface area contributed by atoms with Crippen LogP contribution in [0.3, 0.4) is 0 Å². The summed E-state index contributed by atoms with van der Waals surface area (Å²) in [6.07, 6.45) is 3.63. The maximum absolute atomic E-state index is 12.2. The lowest BCUT2D eigenvalue weighted by atomic mass is 10.0. The number of carbonyl (C=O) groups is 1. The number of amides is 1. The second-order valence-corrected chi connectivity index (χ2v) is 6.05. The van der Waals surface area contributed by atoms with Gasteiger partial charge in [0.15, 0.2) is 0 Å². The van der Waals surface area contributed by atoms with Crippen LogP contribution in [0.4, 0.5) is 0 Å². The Morgan fingerprint density at radius 3 is 2.37 bits per heavy atom. The van der Waals surface area contributed by atoms with Crippen molar-refractivity contribution in [3.63, 3.8) is 0 Å². The molecule has 0 aromatic carbocycles. The Kier molecular flexibility index (Phi) is 7.39. The molecule has 1 aliphatic rings. The molecule has 0 spiro atoms. The van der Waals surface area contributed by atoms with Gasteiger partial charge in [0, 0.05) is 19.1 Å². The molecule has 112 valence electrons. The van der Waals surface area contributed by atoms with Crippen LogP contribution in [0, 0.1) is 5.92 Å². The quantitative estimate of drug-likeness (QED) is 0.770. The van der Waals surface area contributed by atoms with Crippen molar-refractivity contribution in [2.45, 2.75) is 59.0 Å². The Balaban J connectivity index is 2.24. The maximum Gasteiger partial charge on any atom is 0.239 e. The third kappa shape index (κ3) is 6.39. The van der Waals surface area contributed by atoms with Crippen molar-refractivity contribution in [1.82, 2.24) is 10.2 Å². The average molecular weight is 270 g/mol. The summed E-state index contributed by atoms with van der Waals surface area (Å²) in [7, 11) is 0. The molecule has 1 aliphatic heterocycles. The van der Waals surface area contributed by atoms with Crippen molar-refractivity contribution in [2.75, 3.05) is 26.3 Å². The van der Waals surface area contributed by atoms with Crippen molar-refractivity contribution in [1.29, 1.82) is 0 Å². The van der Waals surface area contributed by atoms with E-state index in [9.17, 15) is 4.79 Å². The predicted octanol–water partition coefficient (Wildman–Crippen LogP) is 2.04. The van der Waals surface area contributed by atoms with Gasteiger partial charge >= 0.3 is 0 Å². The molecule has 4 heteroatoms. The molecular weight excluding hydrogens is 240 g/mol. The zero-order valence-corrected chi connectivity index (χ0v) is 12.9. The first-order chi connectivity index (χ1) is 9.00. The summed E-state index contributed by atoms with van der Waals surface area (Å²) in [5, 5.41) is 3.42. The normalized spacial score (nSPS) is 19.5. The van der Waals surface area contributed by atoms with Gasteiger partial charge in [0.25, 0.3) is 0 Å². The van der Waals surface area contributed by atoms with Gasteiger partial charge in [0.2, 0.25) is 5.91 Å². The lowest BCUT2D eigenvalue weighted by Gasteiger charge is -2.30. The summed E-state index contributed by atoms with van der Waals surface area (Å²) < 4.78 is 5.27. The van der Waals surface area contributed by atoms with Gasteiger partial charge in [0.05, 0.1) is 19.3 Å². The number of hydrogen-bond donors (Lipinski definition) is 1. The predicted molar refractivity (Wildman–Crippen MR) is 78.1 cm³/mol. The molecule has 0 bridgehead atoms. The molecule has 1 heterocycles. The minimum Gasteiger partial charge on any atom is -0.378 e. The molecule has 0 radical (unpaired) electrons. The van der Waals surface area contributed by atoms with E-state index in [0.29, 0.717) is 19.3 Å². The molecule has 0 aromatic heterocycles. The van der Waals surface area contributed by atoms with Crippen LogP contribution in [-0.4, -0.2) is 49.2 Å². The monoisotopic (exact) mass is 270 g/mol. The molecule has 1 saturated heterocycles. The minimum absolute atomic E-state index is 0.0906.